The fourth-order valence-electron chi connectivity index (χ4n) is 1.60. The Balaban J connectivity index is 2.24. The molecule has 0 fully saturated rings. The van der Waals surface area contributed by atoms with Gasteiger partial charge < -0.3 is 10.1 Å². The topological polar surface area (TPSA) is 38.3 Å². The van der Waals surface area contributed by atoms with Crippen molar-refractivity contribution in [1.82, 2.24) is 0 Å². The number of benzene rings is 2. The predicted octanol–water partition coefficient (Wildman–Crippen LogP) is 3.99. The average molecular weight is 342 g/mol. The first kappa shape index (κ1) is 14.5. The van der Waals surface area contributed by atoms with Gasteiger partial charge in [-0.3, -0.25) is 4.79 Å². The quantitative estimate of drug-likeness (QED) is 0.916. The van der Waals surface area contributed by atoms with E-state index in [0.29, 0.717) is 4.47 Å². The van der Waals surface area contributed by atoms with E-state index < -0.39 is 17.5 Å². The molecule has 20 heavy (non-hydrogen) atoms. The lowest BCUT2D eigenvalue weighted by Gasteiger charge is -2.08. The summed E-state index contributed by atoms with van der Waals surface area (Å²) in [6, 6.07) is 7.73. The van der Waals surface area contributed by atoms with Crippen LogP contribution in [0.25, 0.3) is 0 Å². The molecule has 0 aliphatic rings. The van der Waals surface area contributed by atoms with Crippen molar-refractivity contribution in [1.29, 1.82) is 0 Å². The minimum Gasteiger partial charge on any atom is -0.494 e. The van der Waals surface area contributed by atoms with Crippen molar-refractivity contribution >= 4 is 27.5 Å². The van der Waals surface area contributed by atoms with Crippen LogP contribution in [0, 0.1) is 11.6 Å². The maximum Gasteiger partial charge on any atom is 0.255 e. The van der Waals surface area contributed by atoms with Gasteiger partial charge in [-0.05, 0) is 52.3 Å². The van der Waals surface area contributed by atoms with Gasteiger partial charge in [0.15, 0.2) is 11.6 Å². The third kappa shape index (κ3) is 3.14. The zero-order valence-electron chi connectivity index (χ0n) is 10.4. The van der Waals surface area contributed by atoms with E-state index in [-0.39, 0.29) is 17.0 Å². The molecule has 0 aliphatic carbocycles. The summed E-state index contributed by atoms with van der Waals surface area (Å²) in [5.41, 5.74) is 0.380. The minimum absolute atomic E-state index is 0.0495. The molecule has 104 valence electrons. The Hall–Kier alpha value is -1.95. The molecule has 0 aromatic heterocycles. The molecule has 0 saturated carbocycles. The first-order valence-electron chi connectivity index (χ1n) is 5.61. The lowest BCUT2D eigenvalue weighted by Crippen LogP contribution is -2.12. The molecular formula is C14H10BrF2NO2. The number of methoxy groups -OCH3 is 1. The number of anilines is 1. The van der Waals surface area contributed by atoms with Crippen molar-refractivity contribution in [2.24, 2.45) is 0 Å². The third-order valence-corrected chi connectivity index (χ3v) is 3.28. The molecule has 0 unspecified atom stereocenters. The Morgan fingerprint density at radius 1 is 1.20 bits per heavy atom. The molecule has 2 aromatic rings. The molecule has 2 rings (SSSR count). The van der Waals surface area contributed by atoms with Crippen molar-refractivity contribution in [3.05, 3.63) is 58.1 Å². The highest BCUT2D eigenvalue weighted by atomic mass is 79.9. The highest BCUT2D eigenvalue weighted by Gasteiger charge is 2.12. The van der Waals surface area contributed by atoms with E-state index in [9.17, 15) is 13.6 Å². The van der Waals surface area contributed by atoms with E-state index in [0.717, 1.165) is 6.07 Å². The number of nitrogens with one attached hydrogen (secondary N) is 1. The summed E-state index contributed by atoms with van der Waals surface area (Å²) in [6.45, 7) is 0. The van der Waals surface area contributed by atoms with E-state index in [1.165, 1.54) is 37.4 Å². The molecular weight excluding hydrogens is 332 g/mol. The lowest BCUT2D eigenvalue weighted by atomic mass is 10.2. The molecule has 0 atom stereocenters. The summed E-state index contributed by atoms with van der Waals surface area (Å²) in [6.07, 6.45) is 0. The van der Waals surface area contributed by atoms with Crippen LogP contribution >= 0.6 is 15.9 Å². The van der Waals surface area contributed by atoms with Gasteiger partial charge in [-0.2, -0.15) is 0 Å². The second-order valence-electron chi connectivity index (χ2n) is 3.93. The van der Waals surface area contributed by atoms with Crippen molar-refractivity contribution in [2.45, 2.75) is 0 Å². The van der Waals surface area contributed by atoms with E-state index in [1.807, 2.05) is 0 Å². The molecule has 0 spiro atoms. The monoisotopic (exact) mass is 341 g/mol. The fourth-order valence-corrected chi connectivity index (χ4v) is 1.94. The van der Waals surface area contributed by atoms with E-state index in [1.54, 1.807) is 0 Å². The number of carbonyl (C=O) groups is 1. The Morgan fingerprint density at radius 3 is 2.60 bits per heavy atom. The molecule has 6 heteroatoms. The summed E-state index contributed by atoms with van der Waals surface area (Å²) in [5.74, 6) is -1.62. The number of rotatable bonds is 3. The van der Waals surface area contributed by atoms with Crippen LogP contribution in [0.3, 0.4) is 0 Å². The maximum absolute atomic E-state index is 13.5. The lowest BCUT2D eigenvalue weighted by molar-refractivity contribution is 0.102. The van der Waals surface area contributed by atoms with Gasteiger partial charge in [0, 0.05) is 10.0 Å². The van der Waals surface area contributed by atoms with Gasteiger partial charge in [0.2, 0.25) is 0 Å². The maximum atomic E-state index is 13.5. The molecule has 1 N–H and O–H groups in total. The van der Waals surface area contributed by atoms with Crippen molar-refractivity contribution in [3.8, 4) is 5.75 Å². The molecule has 0 aliphatic heterocycles. The van der Waals surface area contributed by atoms with Crippen LogP contribution in [0.5, 0.6) is 5.75 Å². The first-order valence-corrected chi connectivity index (χ1v) is 6.40. The van der Waals surface area contributed by atoms with Crippen molar-refractivity contribution in [3.63, 3.8) is 0 Å². The SMILES string of the molecule is COc1ccc(C(=O)Nc2cc(F)ccc2Br)cc1F. The standard InChI is InChI=1S/C14H10BrF2NO2/c1-20-13-5-2-8(6-11(13)17)14(19)18-12-7-9(16)3-4-10(12)15/h2-7H,1H3,(H,18,19). The molecule has 0 bridgehead atoms. The van der Waals surface area contributed by atoms with Crippen molar-refractivity contribution < 1.29 is 18.3 Å². The zero-order valence-corrected chi connectivity index (χ0v) is 12.0. The molecule has 0 saturated heterocycles. The van der Waals surface area contributed by atoms with Gasteiger partial charge in [-0.15, -0.1) is 0 Å². The van der Waals surface area contributed by atoms with Gasteiger partial charge in [0.05, 0.1) is 12.8 Å². The molecule has 0 radical (unpaired) electrons. The van der Waals surface area contributed by atoms with Crippen LogP contribution in [0.4, 0.5) is 14.5 Å². The van der Waals surface area contributed by atoms with Crippen LogP contribution in [-0.2, 0) is 0 Å². The Kier molecular flexibility index (Phi) is 4.34. The normalized spacial score (nSPS) is 10.2. The van der Waals surface area contributed by atoms with Crippen LogP contribution in [0.1, 0.15) is 10.4 Å². The summed E-state index contributed by atoms with van der Waals surface area (Å²) >= 11 is 3.19. The van der Waals surface area contributed by atoms with E-state index in [4.69, 9.17) is 4.74 Å². The van der Waals surface area contributed by atoms with Gasteiger partial charge in [-0.25, -0.2) is 8.78 Å². The number of halogens is 3. The predicted molar refractivity (Wildman–Crippen MR) is 75.0 cm³/mol. The van der Waals surface area contributed by atoms with E-state index in [2.05, 4.69) is 21.2 Å². The Morgan fingerprint density at radius 2 is 1.95 bits per heavy atom. The Labute approximate surface area is 122 Å². The number of hydrogen-bond donors (Lipinski definition) is 1. The summed E-state index contributed by atoms with van der Waals surface area (Å²) in [4.78, 5) is 12.0. The largest absolute Gasteiger partial charge is 0.494 e. The molecule has 2 aromatic carbocycles. The second-order valence-corrected chi connectivity index (χ2v) is 4.78. The van der Waals surface area contributed by atoms with Crippen LogP contribution < -0.4 is 10.1 Å². The van der Waals surface area contributed by atoms with E-state index >= 15 is 0 Å². The number of carbonyl (C=O) groups excluding carboxylic acids is 1. The fraction of sp³-hybridized carbons (Fsp3) is 0.0714. The second kappa shape index (κ2) is 6.00. The van der Waals surface area contributed by atoms with Crippen LogP contribution in [0.2, 0.25) is 0 Å². The smallest absolute Gasteiger partial charge is 0.255 e. The average Bonchev–Trinajstić information content (AvgIpc) is 2.42. The minimum atomic E-state index is -0.640. The summed E-state index contributed by atoms with van der Waals surface area (Å²) < 4.78 is 31.9. The van der Waals surface area contributed by atoms with Crippen molar-refractivity contribution in [2.75, 3.05) is 12.4 Å². The van der Waals surface area contributed by atoms with Gasteiger partial charge in [0.25, 0.3) is 5.91 Å². The number of ether oxygens (including phenoxy) is 1. The first-order chi connectivity index (χ1) is 9.51. The summed E-state index contributed by atoms with van der Waals surface area (Å²) in [7, 11) is 1.34. The highest BCUT2D eigenvalue weighted by Crippen LogP contribution is 2.24. The summed E-state index contributed by atoms with van der Waals surface area (Å²) in [5, 5.41) is 2.50. The zero-order chi connectivity index (χ0) is 14.7. The van der Waals surface area contributed by atoms with Gasteiger partial charge >= 0.3 is 0 Å². The van der Waals surface area contributed by atoms with Crippen LogP contribution in [-0.4, -0.2) is 13.0 Å². The van der Waals surface area contributed by atoms with Gasteiger partial charge in [0.1, 0.15) is 5.82 Å². The number of hydrogen-bond acceptors (Lipinski definition) is 2. The highest BCUT2D eigenvalue weighted by molar-refractivity contribution is 9.10. The Bertz CT molecular complexity index is 662. The number of amides is 1. The van der Waals surface area contributed by atoms with Crippen LogP contribution in [0.15, 0.2) is 40.9 Å². The molecule has 1 amide bonds. The molecule has 3 nitrogen and oxygen atoms in total. The molecule has 0 heterocycles. The van der Waals surface area contributed by atoms with Gasteiger partial charge in [-0.1, -0.05) is 0 Å². The third-order valence-electron chi connectivity index (χ3n) is 2.59.